The SMILES string of the molecule is CCN(CC)CCNc1nccn1-c1ccccc1. The molecule has 0 atom stereocenters. The van der Waals surface area contributed by atoms with E-state index < -0.39 is 0 Å². The monoisotopic (exact) mass is 258 g/mol. The van der Waals surface area contributed by atoms with Crippen LogP contribution in [0.1, 0.15) is 13.8 Å². The Hall–Kier alpha value is -1.81. The summed E-state index contributed by atoms with van der Waals surface area (Å²) in [6.45, 7) is 8.50. The van der Waals surface area contributed by atoms with Crippen LogP contribution in [0.3, 0.4) is 0 Å². The van der Waals surface area contributed by atoms with Crippen molar-refractivity contribution in [1.29, 1.82) is 0 Å². The maximum atomic E-state index is 4.37. The smallest absolute Gasteiger partial charge is 0.207 e. The Kier molecular flexibility index (Phi) is 4.98. The van der Waals surface area contributed by atoms with Gasteiger partial charge in [-0.1, -0.05) is 32.0 Å². The Morgan fingerprint density at radius 2 is 1.89 bits per heavy atom. The average Bonchev–Trinajstić information content (AvgIpc) is 2.93. The van der Waals surface area contributed by atoms with Gasteiger partial charge in [0.1, 0.15) is 0 Å². The molecule has 1 N–H and O–H groups in total. The van der Waals surface area contributed by atoms with Gasteiger partial charge in [0.15, 0.2) is 0 Å². The van der Waals surface area contributed by atoms with E-state index in [4.69, 9.17) is 0 Å². The molecule has 0 spiro atoms. The lowest BCUT2D eigenvalue weighted by atomic mass is 10.3. The van der Waals surface area contributed by atoms with Crippen LogP contribution in [0.4, 0.5) is 5.95 Å². The van der Waals surface area contributed by atoms with Crippen molar-refractivity contribution in [1.82, 2.24) is 14.5 Å². The molecule has 0 unspecified atom stereocenters. The fourth-order valence-electron chi connectivity index (χ4n) is 2.10. The number of para-hydroxylation sites is 1. The third-order valence-electron chi connectivity index (χ3n) is 3.28. The van der Waals surface area contributed by atoms with Crippen molar-refractivity contribution in [3.8, 4) is 5.69 Å². The van der Waals surface area contributed by atoms with Crippen LogP contribution in [0.2, 0.25) is 0 Å². The predicted molar refractivity (Wildman–Crippen MR) is 79.8 cm³/mol. The van der Waals surface area contributed by atoms with E-state index in [1.165, 1.54) is 0 Å². The first kappa shape index (κ1) is 13.6. The topological polar surface area (TPSA) is 33.1 Å². The first-order chi connectivity index (χ1) is 9.35. The van der Waals surface area contributed by atoms with Crippen LogP contribution in [0.15, 0.2) is 42.7 Å². The molecular weight excluding hydrogens is 236 g/mol. The van der Waals surface area contributed by atoms with Gasteiger partial charge in [-0.3, -0.25) is 4.57 Å². The lowest BCUT2D eigenvalue weighted by Gasteiger charge is -2.18. The second-order valence-electron chi connectivity index (χ2n) is 4.41. The maximum Gasteiger partial charge on any atom is 0.207 e. The molecule has 0 aliphatic heterocycles. The summed E-state index contributed by atoms with van der Waals surface area (Å²) in [4.78, 5) is 6.77. The fraction of sp³-hybridized carbons (Fsp3) is 0.400. The van der Waals surface area contributed by atoms with E-state index in [2.05, 4.69) is 45.7 Å². The molecule has 4 heteroatoms. The van der Waals surface area contributed by atoms with Gasteiger partial charge in [-0.2, -0.15) is 0 Å². The highest BCUT2D eigenvalue weighted by Crippen LogP contribution is 2.13. The fourth-order valence-corrected chi connectivity index (χ4v) is 2.10. The molecule has 102 valence electrons. The van der Waals surface area contributed by atoms with Crippen LogP contribution in [0.25, 0.3) is 5.69 Å². The number of imidazole rings is 1. The molecular formula is C15H22N4. The van der Waals surface area contributed by atoms with E-state index in [0.717, 1.165) is 37.8 Å². The summed E-state index contributed by atoms with van der Waals surface area (Å²) in [6.07, 6.45) is 3.81. The van der Waals surface area contributed by atoms with Crippen molar-refractivity contribution in [2.24, 2.45) is 0 Å². The second kappa shape index (κ2) is 6.95. The molecule has 1 aromatic heterocycles. The average molecular weight is 258 g/mol. The van der Waals surface area contributed by atoms with Crippen LogP contribution in [-0.4, -0.2) is 40.6 Å². The number of nitrogens with zero attached hydrogens (tertiary/aromatic N) is 3. The van der Waals surface area contributed by atoms with Gasteiger partial charge in [0.25, 0.3) is 0 Å². The van der Waals surface area contributed by atoms with Gasteiger partial charge in [0.2, 0.25) is 5.95 Å². The quantitative estimate of drug-likeness (QED) is 0.828. The predicted octanol–water partition coefficient (Wildman–Crippen LogP) is 2.63. The molecule has 1 heterocycles. The zero-order valence-corrected chi connectivity index (χ0v) is 11.7. The molecule has 0 aliphatic rings. The molecule has 1 aromatic carbocycles. The number of benzene rings is 1. The molecule has 4 nitrogen and oxygen atoms in total. The lowest BCUT2D eigenvalue weighted by molar-refractivity contribution is 0.315. The summed E-state index contributed by atoms with van der Waals surface area (Å²) in [5, 5.41) is 3.40. The third-order valence-corrected chi connectivity index (χ3v) is 3.28. The Labute approximate surface area is 115 Å². The van der Waals surface area contributed by atoms with Crippen molar-refractivity contribution in [3.63, 3.8) is 0 Å². The summed E-state index contributed by atoms with van der Waals surface area (Å²) in [5.74, 6) is 0.901. The molecule has 0 saturated carbocycles. The molecule has 2 aromatic rings. The lowest BCUT2D eigenvalue weighted by Crippen LogP contribution is -2.29. The van der Waals surface area contributed by atoms with Gasteiger partial charge in [0.05, 0.1) is 0 Å². The minimum atomic E-state index is 0.901. The molecule has 0 aliphatic carbocycles. The standard InChI is InChI=1S/C15H22N4/c1-3-18(4-2)12-10-16-15-17-11-13-19(15)14-8-6-5-7-9-14/h5-9,11,13H,3-4,10,12H2,1-2H3,(H,16,17). The maximum absolute atomic E-state index is 4.37. The summed E-state index contributed by atoms with van der Waals surface area (Å²) >= 11 is 0. The first-order valence-electron chi connectivity index (χ1n) is 6.90. The van der Waals surface area contributed by atoms with Crippen LogP contribution in [0, 0.1) is 0 Å². The molecule has 0 bridgehead atoms. The minimum absolute atomic E-state index is 0.901. The Morgan fingerprint density at radius 3 is 2.58 bits per heavy atom. The Bertz CT molecular complexity index is 474. The van der Waals surface area contributed by atoms with E-state index in [9.17, 15) is 0 Å². The highest BCUT2D eigenvalue weighted by Gasteiger charge is 2.04. The Morgan fingerprint density at radius 1 is 1.16 bits per heavy atom. The van der Waals surface area contributed by atoms with E-state index in [0.29, 0.717) is 0 Å². The van der Waals surface area contributed by atoms with Crippen LogP contribution in [-0.2, 0) is 0 Å². The Balaban J connectivity index is 1.97. The number of hydrogen-bond donors (Lipinski definition) is 1. The summed E-state index contributed by atoms with van der Waals surface area (Å²) in [6, 6.07) is 10.3. The highest BCUT2D eigenvalue weighted by molar-refractivity contribution is 5.41. The molecule has 0 amide bonds. The van der Waals surface area contributed by atoms with Gasteiger partial charge in [-0.25, -0.2) is 4.98 Å². The minimum Gasteiger partial charge on any atom is -0.354 e. The molecule has 0 fully saturated rings. The van der Waals surface area contributed by atoms with Crippen LogP contribution in [0.5, 0.6) is 0 Å². The van der Waals surface area contributed by atoms with Gasteiger partial charge < -0.3 is 10.2 Å². The van der Waals surface area contributed by atoms with Crippen molar-refractivity contribution in [2.45, 2.75) is 13.8 Å². The van der Waals surface area contributed by atoms with E-state index in [-0.39, 0.29) is 0 Å². The first-order valence-corrected chi connectivity index (χ1v) is 6.90. The number of aromatic nitrogens is 2. The summed E-state index contributed by atoms with van der Waals surface area (Å²) in [5.41, 5.74) is 1.13. The van der Waals surface area contributed by atoms with Crippen molar-refractivity contribution < 1.29 is 0 Å². The zero-order valence-electron chi connectivity index (χ0n) is 11.7. The number of hydrogen-bond acceptors (Lipinski definition) is 3. The largest absolute Gasteiger partial charge is 0.354 e. The van der Waals surface area contributed by atoms with Crippen molar-refractivity contribution in [2.75, 3.05) is 31.5 Å². The third kappa shape index (κ3) is 3.58. The number of likely N-dealkylation sites (N-methyl/N-ethyl adjacent to an activating group) is 1. The number of nitrogens with one attached hydrogen (secondary N) is 1. The summed E-state index contributed by atoms with van der Waals surface area (Å²) in [7, 11) is 0. The van der Waals surface area contributed by atoms with Crippen molar-refractivity contribution >= 4 is 5.95 Å². The molecule has 19 heavy (non-hydrogen) atoms. The normalized spacial score (nSPS) is 10.9. The molecule has 0 saturated heterocycles. The van der Waals surface area contributed by atoms with Gasteiger partial charge in [-0.05, 0) is 25.2 Å². The summed E-state index contributed by atoms with van der Waals surface area (Å²) < 4.78 is 2.07. The van der Waals surface area contributed by atoms with Gasteiger partial charge in [0, 0.05) is 31.2 Å². The van der Waals surface area contributed by atoms with Gasteiger partial charge >= 0.3 is 0 Å². The van der Waals surface area contributed by atoms with E-state index in [1.807, 2.05) is 30.6 Å². The molecule has 0 radical (unpaired) electrons. The number of anilines is 1. The van der Waals surface area contributed by atoms with E-state index in [1.54, 1.807) is 0 Å². The van der Waals surface area contributed by atoms with Gasteiger partial charge in [-0.15, -0.1) is 0 Å². The van der Waals surface area contributed by atoms with Crippen LogP contribution < -0.4 is 5.32 Å². The highest BCUT2D eigenvalue weighted by atomic mass is 15.2. The van der Waals surface area contributed by atoms with Crippen molar-refractivity contribution in [3.05, 3.63) is 42.7 Å². The van der Waals surface area contributed by atoms with Crippen LogP contribution >= 0.6 is 0 Å². The zero-order chi connectivity index (χ0) is 13.5. The number of rotatable bonds is 7. The van der Waals surface area contributed by atoms with E-state index >= 15 is 0 Å². The second-order valence-corrected chi connectivity index (χ2v) is 4.41. The molecule has 2 rings (SSSR count).